The van der Waals surface area contributed by atoms with Crippen LogP contribution in [0.5, 0.6) is 0 Å². The van der Waals surface area contributed by atoms with Crippen LogP contribution in [0.1, 0.15) is 11.1 Å². The molecule has 1 fully saturated rings. The smallest absolute Gasteiger partial charge is 0.251 e. The maximum Gasteiger partial charge on any atom is 0.251 e. The van der Waals surface area contributed by atoms with E-state index in [-0.39, 0.29) is 24.5 Å². The number of benzene rings is 1. The number of aromatic nitrogens is 5. The number of nitrogens with one attached hydrogen (secondary N) is 1. The first-order valence-electron chi connectivity index (χ1n) is 8.93. The second-order valence-corrected chi connectivity index (χ2v) is 6.94. The van der Waals surface area contributed by atoms with E-state index in [1.807, 2.05) is 13.0 Å². The summed E-state index contributed by atoms with van der Waals surface area (Å²) in [5, 5.41) is 23.8. The van der Waals surface area contributed by atoms with Gasteiger partial charge in [0.2, 0.25) is 5.91 Å². The monoisotopic (exact) mass is 413 g/mol. The first-order chi connectivity index (χ1) is 14.4. The summed E-state index contributed by atoms with van der Waals surface area (Å²) in [5.74, 6) is -5.90. The Balaban J connectivity index is 1.60. The van der Waals surface area contributed by atoms with Crippen LogP contribution in [0.4, 0.5) is 19.1 Å². The van der Waals surface area contributed by atoms with Gasteiger partial charge in [-0.25, -0.2) is 13.2 Å². The van der Waals surface area contributed by atoms with Crippen LogP contribution in [0, 0.1) is 47.5 Å². The van der Waals surface area contributed by atoms with Crippen LogP contribution in [-0.4, -0.2) is 37.8 Å². The highest BCUT2D eigenvalue weighted by Gasteiger charge is 2.43. The number of rotatable bonds is 4. The molecule has 4 rings (SSSR count). The van der Waals surface area contributed by atoms with Crippen LogP contribution in [0.25, 0.3) is 11.4 Å². The lowest BCUT2D eigenvalue weighted by atomic mass is 9.90. The van der Waals surface area contributed by atoms with Crippen molar-refractivity contribution in [3.8, 4) is 17.5 Å². The lowest BCUT2D eigenvalue weighted by Crippen LogP contribution is -2.28. The van der Waals surface area contributed by atoms with Crippen molar-refractivity contribution >= 4 is 11.9 Å². The molecule has 1 amide bonds. The third-order valence-electron chi connectivity index (χ3n) is 5.01. The number of halogens is 3. The number of nitriles is 1. The second-order valence-electron chi connectivity index (χ2n) is 6.94. The van der Waals surface area contributed by atoms with Crippen LogP contribution in [0.3, 0.4) is 0 Å². The summed E-state index contributed by atoms with van der Waals surface area (Å²) >= 11 is 0. The Kier molecular flexibility index (Phi) is 4.91. The molecule has 8 nitrogen and oxygen atoms in total. The zero-order chi connectivity index (χ0) is 21.4. The predicted molar refractivity (Wildman–Crippen MR) is 97.1 cm³/mol. The molecule has 0 saturated carbocycles. The number of amides is 1. The second kappa shape index (κ2) is 7.55. The molecular formula is C19H14F3N7O. The molecule has 1 aromatic carbocycles. The maximum absolute atomic E-state index is 13.5. The molecule has 0 bridgehead atoms. The summed E-state index contributed by atoms with van der Waals surface area (Å²) in [6, 6.07) is 3.70. The highest BCUT2D eigenvalue weighted by atomic mass is 19.2. The third-order valence-corrected chi connectivity index (χ3v) is 5.01. The van der Waals surface area contributed by atoms with E-state index >= 15 is 0 Å². The van der Waals surface area contributed by atoms with Crippen LogP contribution >= 0.6 is 0 Å². The van der Waals surface area contributed by atoms with Gasteiger partial charge in [-0.15, -0.1) is 5.10 Å². The number of hydrogen-bond donors (Lipinski definition) is 1. The fraction of sp³-hybridized carbons (Fsp3) is 0.263. The molecule has 0 spiro atoms. The summed E-state index contributed by atoms with van der Waals surface area (Å²) in [4.78, 5) is 18.5. The fourth-order valence-corrected chi connectivity index (χ4v) is 3.43. The van der Waals surface area contributed by atoms with Gasteiger partial charge in [-0.3, -0.25) is 14.8 Å². The molecule has 2 aromatic heterocycles. The Morgan fingerprint density at radius 3 is 2.60 bits per heavy atom. The Morgan fingerprint density at radius 1 is 1.23 bits per heavy atom. The van der Waals surface area contributed by atoms with E-state index in [0.717, 1.165) is 17.7 Å². The third kappa shape index (κ3) is 3.36. The molecule has 3 heterocycles. The quantitative estimate of drug-likeness (QED) is 0.657. The van der Waals surface area contributed by atoms with Gasteiger partial charge < -0.3 is 0 Å². The van der Waals surface area contributed by atoms with Crippen molar-refractivity contribution in [2.45, 2.75) is 13.3 Å². The van der Waals surface area contributed by atoms with Crippen LogP contribution < -0.4 is 4.90 Å². The zero-order valence-electron chi connectivity index (χ0n) is 15.6. The van der Waals surface area contributed by atoms with Crippen molar-refractivity contribution in [1.82, 2.24) is 25.4 Å². The molecule has 2 atom stereocenters. The highest BCUT2D eigenvalue weighted by Crippen LogP contribution is 2.31. The summed E-state index contributed by atoms with van der Waals surface area (Å²) in [5.41, 5.74) is 1.54. The number of anilines is 1. The molecule has 2 unspecified atom stereocenters. The minimum Gasteiger partial charge on any atom is -0.278 e. The van der Waals surface area contributed by atoms with E-state index in [0.29, 0.717) is 11.4 Å². The number of H-pyrrole nitrogens is 1. The summed E-state index contributed by atoms with van der Waals surface area (Å²) in [6.07, 6.45) is 2.94. The van der Waals surface area contributed by atoms with E-state index in [9.17, 15) is 23.2 Å². The van der Waals surface area contributed by atoms with Crippen LogP contribution in [0.15, 0.2) is 24.5 Å². The molecule has 1 aliphatic rings. The summed E-state index contributed by atoms with van der Waals surface area (Å²) < 4.78 is 40.2. The SMILES string of the molecule is Cc1cnncc1-c1nc(N2CC(C#N)C(Cc3cc(F)c(F)c(F)c3)C2=O)n[nH]1. The fourth-order valence-electron chi connectivity index (χ4n) is 3.43. The standard InChI is InChI=1S/C19H14F3N7O/c1-9-6-24-25-7-13(9)17-26-19(28-27-17)29-8-11(5-23)12(18(29)30)2-10-3-14(20)16(22)15(21)4-10/h3-4,6-7,11-12H,2,8H2,1H3,(H,26,27,28). The van der Waals surface area contributed by atoms with Gasteiger partial charge in [0.25, 0.3) is 5.95 Å². The Morgan fingerprint density at radius 2 is 1.93 bits per heavy atom. The molecular weight excluding hydrogens is 399 g/mol. The molecule has 152 valence electrons. The minimum absolute atomic E-state index is 0.0248. The number of aromatic amines is 1. The molecule has 30 heavy (non-hydrogen) atoms. The van der Waals surface area contributed by atoms with Gasteiger partial charge in [-0.1, -0.05) is 0 Å². The average Bonchev–Trinajstić information content (AvgIpc) is 3.32. The molecule has 0 radical (unpaired) electrons. The zero-order valence-corrected chi connectivity index (χ0v) is 15.6. The number of nitrogens with zero attached hydrogens (tertiary/aromatic N) is 6. The van der Waals surface area contributed by atoms with E-state index in [1.54, 1.807) is 6.20 Å². The molecule has 1 N–H and O–H groups in total. The minimum atomic E-state index is -1.58. The lowest BCUT2D eigenvalue weighted by Gasteiger charge is -2.12. The van der Waals surface area contributed by atoms with E-state index in [2.05, 4.69) is 25.4 Å². The van der Waals surface area contributed by atoms with Gasteiger partial charge in [0.05, 0.1) is 30.3 Å². The largest absolute Gasteiger partial charge is 0.278 e. The van der Waals surface area contributed by atoms with Gasteiger partial charge in [0, 0.05) is 12.1 Å². The molecule has 0 aliphatic carbocycles. The van der Waals surface area contributed by atoms with Crippen molar-refractivity contribution in [3.05, 3.63) is 53.1 Å². The van der Waals surface area contributed by atoms with E-state index in [4.69, 9.17) is 0 Å². The number of carbonyl (C=O) groups is 1. The number of carbonyl (C=O) groups excluding carboxylic acids is 1. The Hall–Kier alpha value is -3.81. The average molecular weight is 413 g/mol. The molecule has 3 aromatic rings. The highest BCUT2D eigenvalue weighted by molar-refractivity contribution is 5.96. The van der Waals surface area contributed by atoms with Crippen molar-refractivity contribution in [3.63, 3.8) is 0 Å². The van der Waals surface area contributed by atoms with Gasteiger partial charge in [-0.05, 0) is 36.6 Å². The Bertz CT molecular complexity index is 1150. The maximum atomic E-state index is 13.5. The first-order valence-corrected chi connectivity index (χ1v) is 8.93. The van der Waals surface area contributed by atoms with Crippen LogP contribution in [-0.2, 0) is 11.2 Å². The van der Waals surface area contributed by atoms with Crippen molar-refractivity contribution in [2.24, 2.45) is 11.8 Å². The molecule has 11 heteroatoms. The van der Waals surface area contributed by atoms with Gasteiger partial charge in [-0.2, -0.15) is 20.4 Å². The van der Waals surface area contributed by atoms with Gasteiger partial charge in [0.1, 0.15) is 0 Å². The predicted octanol–water partition coefficient (Wildman–Crippen LogP) is 2.33. The number of aryl methyl sites for hydroxylation is 1. The van der Waals surface area contributed by atoms with E-state index < -0.39 is 35.2 Å². The van der Waals surface area contributed by atoms with Crippen molar-refractivity contribution in [2.75, 3.05) is 11.4 Å². The van der Waals surface area contributed by atoms with Crippen LogP contribution in [0.2, 0.25) is 0 Å². The van der Waals surface area contributed by atoms with E-state index in [1.165, 1.54) is 11.1 Å². The summed E-state index contributed by atoms with van der Waals surface area (Å²) in [6.45, 7) is 1.84. The summed E-state index contributed by atoms with van der Waals surface area (Å²) in [7, 11) is 0. The first kappa shape index (κ1) is 19.5. The Labute approximate surface area is 168 Å². The lowest BCUT2D eigenvalue weighted by molar-refractivity contribution is -0.120. The van der Waals surface area contributed by atoms with Gasteiger partial charge >= 0.3 is 0 Å². The normalized spacial score (nSPS) is 18.6. The topological polar surface area (TPSA) is 111 Å². The molecule has 1 aliphatic heterocycles. The number of hydrogen-bond acceptors (Lipinski definition) is 6. The van der Waals surface area contributed by atoms with Crippen molar-refractivity contribution in [1.29, 1.82) is 5.26 Å². The van der Waals surface area contributed by atoms with Gasteiger partial charge in [0.15, 0.2) is 23.3 Å². The molecule has 1 saturated heterocycles. The van der Waals surface area contributed by atoms with Crippen molar-refractivity contribution < 1.29 is 18.0 Å².